The molecular weight excluding hydrogens is 361 g/mol. The maximum Gasteiger partial charge on any atom is 0.411 e. The van der Waals surface area contributed by atoms with Crippen molar-refractivity contribution >= 4 is 47.5 Å². The van der Waals surface area contributed by atoms with E-state index in [0.29, 0.717) is 15.7 Å². The lowest BCUT2D eigenvalue weighted by Gasteiger charge is -2.09. The van der Waals surface area contributed by atoms with E-state index < -0.39 is 6.09 Å². The molecule has 0 saturated heterocycles. The van der Waals surface area contributed by atoms with Gasteiger partial charge in [0.05, 0.1) is 16.1 Å². The Morgan fingerprint density at radius 2 is 1.84 bits per heavy atom. The van der Waals surface area contributed by atoms with Crippen molar-refractivity contribution in [2.24, 2.45) is 9.98 Å². The van der Waals surface area contributed by atoms with Gasteiger partial charge in [-0.3, -0.25) is 10.3 Å². The van der Waals surface area contributed by atoms with Gasteiger partial charge in [-0.1, -0.05) is 47.5 Å². The van der Waals surface area contributed by atoms with E-state index in [-0.39, 0.29) is 12.6 Å². The minimum atomic E-state index is -0.557. The molecule has 1 heterocycles. The molecule has 128 valence electrons. The second-order valence-corrected chi connectivity index (χ2v) is 6.30. The molecule has 0 saturated carbocycles. The van der Waals surface area contributed by atoms with Crippen molar-refractivity contribution in [3.8, 4) is 0 Å². The number of nitrogens with one attached hydrogen (secondary N) is 1. The Morgan fingerprint density at radius 1 is 1.08 bits per heavy atom. The molecule has 1 unspecified atom stereocenters. The SMILES string of the molecule is O=C(Nc1ccc(Cl)c(Cl)c1)OCc1ccc(CC2C=NC=N2)cc1. The highest BCUT2D eigenvalue weighted by molar-refractivity contribution is 6.42. The molecular formula is C18H15Cl2N3O2. The minimum Gasteiger partial charge on any atom is -0.444 e. The number of aliphatic imine (C=N–C) groups is 2. The van der Waals surface area contributed by atoms with Gasteiger partial charge in [-0.15, -0.1) is 0 Å². The summed E-state index contributed by atoms with van der Waals surface area (Å²) in [6.45, 7) is 0.177. The molecule has 1 aliphatic heterocycles. The summed E-state index contributed by atoms with van der Waals surface area (Å²) in [7, 11) is 0. The standard InChI is InChI=1S/C18H15Cl2N3O2/c19-16-6-5-14(8-17(16)20)23-18(24)25-10-13-3-1-12(2-4-13)7-15-9-21-11-22-15/h1-6,8-9,11,15H,7,10H2,(H,23,24). The van der Waals surface area contributed by atoms with Crippen LogP contribution in [0.15, 0.2) is 52.4 Å². The third-order valence-electron chi connectivity index (χ3n) is 3.59. The Hall–Kier alpha value is -2.37. The van der Waals surface area contributed by atoms with Crippen LogP contribution in [-0.2, 0) is 17.8 Å². The molecule has 1 aliphatic rings. The highest BCUT2D eigenvalue weighted by atomic mass is 35.5. The molecule has 5 nitrogen and oxygen atoms in total. The van der Waals surface area contributed by atoms with Crippen molar-refractivity contribution in [2.75, 3.05) is 5.32 Å². The van der Waals surface area contributed by atoms with Gasteiger partial charge in [0.25, 0.3) is 0 Å². The van der Waals surface area contributed by atoms with Crippen molar-refractivity contribution in [3.63, 3.8) is 0 Å². The van der Waals surface area contributed by atoms with Gasteiger partial charge in [-0.05, 0) is 35.7 Å². The molecule has 0 fully saturated rings. The molecule has 7 heteroatoms. The summed E-state index contributed by atoms with van der Waals surface area (Å²) in [5.74, 6) is 0. The van der Waals surface area contributed by atoms with E-state index in [1.807, 2.05) is 30.5 Å². The number of rotatable bonds is 5. The van der Waals surface area contributed by atoms with Gasteiger partial charge >= 0.3 is 6.09 Å². The predicted molar refractivity (Wildman–Crippen MR) is 101 cm³/mol. The molecule has 2 aromatic rings. The molecule has 2 aromatic carbocycles. The summed E-state index contributed by atoms with van der Waals surface area (Å²) >= 11 is 11.7. The first kappa shape index (κ1) is 17.5. The van der Waals surface area contributed by atoms with Gasteiger partial charge in [0, 0.05) is 11.9 Å². The summed E-state index contributed by atoms with van der Waals surface area (Å²) in [6.07, 6.45) is 3.64. The summed E-state index contributed by atoms with van der Waals surface area (Å²) in [6, 6.07) is 12.8. The third kappa shape index (κ3) is 5.05. The molecule has 3 rings (SSSR count). The van der Waals surface area contributed by atoms with E-state index in [1.165, 1.54) is 0 Å². The number of carbonyl (C=O) groups excluding carboxylic acids is 1. The smallest absolute Gasteiger partial charge is 0.411 e. The lowest BCUT2D eigenvalue weighted by molar-refractivity contribution is 0.155. The van der Waals surface area contributed by atoms with Gasteiger partial charge in [-0.2, -0.15) is 0 Å². The van der Waals surface area contributed by atoms with Crippen molar-refractivity contribution < 1.29 is 9.53 Å². The Morgan fingerprint density at radius 3 is 2.52 bits per heavy atom. The Labute approximate surface area is 155 Å². The first-order chi connectivity index (χ1) is 12.1. The summed E-state index contributed by atoms with van der Waals surface area (Å²) in [5, 5.41) is 3.40. The molecule has 1 amide bonds. The lowest BCUT2D eigenvalue weighted by atomic mass is 10.1. The van der Waals surface area contributed by atoms with Crippen molar-refractivity contribution in [1.29, 1.82) is 0 Å². The first-order valence-electron chi connectivity index (χ1n) is 7.62. The number of anilines is 1. The van der Waals surface area contributed by atoms with Gasteiger partial charge in [0.15, 0.2) is 0 Å². The highest BCUT2D eigenvalue weighted by Crippen LogP contribution is 2.25. The largest absolute Gasteiger partial charge is 0.444 e. The Kier molecular flexibility index (Phi) is 5.68. The molecule has 0 aliphatic carbocycles. The summed E-state index contributed by atoms with van der Waals surface area (Å²) in [5.41, 5.74) is 2.57. The normalized spacial score (nSPS) is 15.4. The van der Waals surface area contributed by atoms with E-state index in [0.717, 1.165) is 17.5 Å². The Bertz CT molecular complexity index is 808. The number of carbonyl (C=O) groups is 1. The number of hydrogen-bond donors (Lipinski definition) is 1. The van der Waals surface area contributed by atoms with Crippen molar-refractivity contribution in [3.05, 3.63) is 63.6 Å². The molecule has 1 atom stereocenters. The van der Waals surface area contributed by atoms with E-state index in [9.17, 15) is 4.79 Å². The number of hydrogen-bond acceptors (Lipinski definition) is 4. The van der Waals surface area contributed by atoms with Gasteiger partial charge in [-0.25, -0.2) is 9.79 Å². The predicted octanol–water partition coefficient (Wildman–Crippen LogP) is 4.77. The van der Waals surface area contributed by atoms with Crippen molar-refractivity contribution in [2.45, 2.75) is 19.1 Å². The summed E-state index contributed by atoms with van der Waals surface area (Å²) in [4.78, 5) is 20.0. The quantitative estimate of drug-likeness (QED) is 0.817. The fourth-order valence-electron chi connectivity index (χ4n) is 2.30. The van der Waals surface area contributed by atoms with Crippen LogP contribution in [0.3, 0.4) is 0 Å². The zero-order valence-electron chi connectivity index (χ0n) is 13.2. The topological polar surface area (TPSA) is 63.0 Å². The zero-order valence-corrected chi connectivity index (χ0v) is 14.7. The number of ether oxygens (including phenoxy) is 1. The van der Waals surface area contributed by atoms with Crippen LogP contribution < -0.4 is 5.32 Å². The first-order valence-corrected chi connectivity index (χ1v) is 8.37. The van der Waals surface area contributed by atoms with E-state index >= 15 is 0 Å². The molecule has 25 heavy (non-hydrogen) atoms. The van der Waals surface area contributed by atoms with Crippen LogP contribution in [0.4, 0.5) is 10.5 Å². The number of nitrogens with zero attached hydrogens (tertiary/aromatic N) is 2. The average Bonchev–Trinajstić information content (AvgIpc) is 3.11. The fourth-order valence-corrected chi connectivity index (χ4v) is 2.59. The second kappa shape index (κ2) is 8.14. The molecule has 1 N–H and O–H groups in total. The van der Waals surface area contributed by atoms with Crippen LogP contribution >= 0.6 is 23.2 Å². The summed E-state index contributed by atoms with van der Waals surface area (Å²) < 4.78 is 5.20. The maximum atomic E-state index is 11.8. The van der Waals surface area contributed by atoms with Crippen LogP contribution in [0.5, 0.6) is 0 Å². The number of halogens is 2. The highest BCUT2D eigenvalue weighted by Gasteiger charge is 2.08. The number of benzene rings is 2. The zero-order chi connectivity index (χ0) is 17.6. The molecule has 0 bridgehead atoms. The molecule has 0 radical (unpaired) electrons. The van der Waals surface area contributed by atoms with Gasteiger partial charge < -0.3 is 4.74 Å². The fraction of sp³-hybridized carbons (Fsp3) is 0.167. The second-order valence-electron chi connectivity index (χ2n) is 5.48. The van der Waals surface area contributed by atoms with E-state index in [1.54, 1.807) is 24.5 Å². The lowest BCUT2D eigenvalue weighted by Crippen LogP contribution is -2.13. The van der Waals surface area contributed by atoms with Gasteiger partial charge in [0.1, 0.15) is 12.9 Å². The Balaban J connectivity index is 1.48. The van der Waals surface area contributed by atoms with Crippen LogP contribution in [0.2, 0.25) is 10.0 Å². The van der Waals surface area contributed by atoms with Crippen LogP contribution in [0.1, 0.15) is 11.1 Å². The van der Waals surface area contributed by atoms with Crippen LogP contribution in [0, 0.1) is 0 Å². The minimum absolute atomic E-state index is 0.110. The molecule has 0 aromatic heterocycles. The van der Waals surface area contributed by atoms with E-state index in [4.69, 9.17) is 27.9 Å². The molecule has 0 spiro atoms. The third-order valence-corrected chi connectivity index (χ3v) is 4.33. The van der Waals surface area contributed by atoms with Crippen LogP contribution in [0.25, 0.3) is 0 Å². The van der Waals surface area contributed by atoms with Gasteiger partial charge in [0.2, 0.25) is 0 Å². The van der Waals surface area contributed by atoms with Crippen LogP contribution in [-0.4, -0.2) is 24.7 Å². The van der Waals surface area contributed by atoms with E-state index in [2.05, 4.69) is 15.3 Å². The maximum absolute atomic E-state index is 11.8. The average molecular weight is 376 g/mol. The monoisotopic (exact) mass is 375 g/mol. The number of amides is 1. The van der Waals surface area contributed by atoms with Crippen molar-refractivity contribution in [1.82, 2.24) is 0 Å².